The first kappa shape index (κ1) is 19.7. The summed E-state index contributed by atoms with van der Waals surface area (Å²) in [6.07, 6.45) is 5.92. The molecule has 0 bridgehead atoms. The van der Waals surface area contributed by atoms with E-state index in [4.69, 9.17) is 0 Å². The standard InChI is InChI=1S/C23H31FN2O/c1-15-10-20(11-16(2)22(15)25-21(27)13-23(3,4)5)26-9-8-17-6-7-19(24)12-18(17)14-26/h6,10-11,14,19H,7-9,12-13H2,1-5H3,(H,25,27). The number of aryl methyl sites for hydroxylation is 2. The molecule has 0 aromatic heterocycles. The first-order valence-electron chi connectivity index (χ1n) is 9.84. The molecule has 1 aromatic carbocycles. The fourth-order valence-electron chi connectivity index (χ4n) is 3.92. The van der Waals surface area contributed by atoms with Crippen LogP contribution in [0.3, 0.4) is 0 Å². The maximum Gasteiger partial charge on any atom is 0.224 e. The second kappa shape index (κ2) is 7.49. The van der Waals surface area contributed by atoms with Crippen LogP contribution in [0.2, 0.25) is 0 Å². The molecule has 1 heterocycles. The molecule has 1 unspecified atom stereocenters. The van der Waals surface area contributed by atoms with Crippen LogP contribution in [-0.2, 0) is 4.79 Å². The molecule has 2 aliphatic rings. The lowest BCUT2D eigenvalue weighted by atomic mass is 9.88. The maximum atomic E-state index is 13.8. The molecular formula is C23H31FN2O. The van der Waals surface area contributed by atoms with Crippen molar-refractivity contribution in [3.8, 4) is 0 Å². The Labute approximate surface area is 162 Å². The first-order valence-corrected chi connectivity index (χ1v) is 9.84. The van der Waals surface area contributed by atoms with Crippen LogP contribution in [0.5, 0.6) is 0 Å². The van der Waals surface area contributed by atoms with Gasteiger partial charge in [-0.3, -0.25) is 4.79 Å². The number of hydrogen-bond acceptors (Lipinski definition) is 2. The Bertz CT molecular complexity index is 778. The molecule has 146 valence electrons. The van der Waals surface area contributed by atoms with Gasteiger partial charge in [0.05, 0.1) is 0 Å². The van der Waals surface area contributed by atoms with Crippen molar-refractivity contribution >= 4 is 17.3 Å². The van der Waals surface area contributed by atoms with Gasteiger partial charge < -0.3 is 10.2 Å². The van der Waals surface area contributed by atoms with Crippen molar-refractivity contribution in [3.05, 3.63) is 46.7 Å². The monoisotopic (exact) mass is 370 g/mol. The largest absolute Gasteiger partial charge is 0.347 e. The number of amides is 1. The summed E-state index contributed by atoms with van der Waals surface area (Å²) in [5.41, 5.74) is 6.51. The molecule has 1 aliphatic heterocycles. The van der Waals surface area contributed by atoms with E-state index in [0.29, 0.717) is 19.3 Å². The highest BCUT2D eigenvalue weighted by molar-refractivity contribution is 5.93. The van der Waals surface area contributed by atoms with E-state index in [1.807, 2.05) is 13.8 Å². The molecule has 4 heteroatoms. The van der Waals surface area contributed by atoms with E-state index in [1.165, 1.54) is 5.57 Å². The fraction of sp³-hybridized carbons (Fsp3) is 0.522. The van der Waals surface area contributed by atoms with Crippen molar-refractivity contribution in [3.63, 3.8) is 0 Å². The van der Waals surface area contributed by atoms with Crippen LogP contribution in [0.4, 0.5) is 15.8 Å². The molecule has 3 rings (SSSR count). The van der Waals surface area contributed by atoms with Crippen LogP contribution in [0.15, 0.2) is 35.6 Å². The molecule has 1 aromatic rings. The van der Waals surface area contributed by atoms with Gasteiger partial charge in [0.1, 0.15) is 6.17 Å². The van der Waals surface area contributed by atoms with E-state index in [1.54, 1.807) is 0 Å². The number of nitrogens with zero attached hydrogens (tertiary/aromatic N) is 1. The summed E-state index contributed by atoms with van der Waals surface area (Å²) in [7, 11) is 0. The number of fused-ring (bicyclic) bond motifs is 1. The number of anilines is 2. The topological polar surface area (TPSA) is 32.3 Å². The minimum atomic E-state index is -0.760. The molecule has 1 N–H and O–H groups in total. The lowest BCUT2D eigenvalue weighted by molar-refractivity contribution is -0.117. The van der Waals surface area contributed by atoms with Crippen LogP contribution < -0.4 is 10.2 Å². The summed E-state index contributed by atoms with van der Waals surface area (Å²) < 4.78 is 13.8. The fourth-order valence-corrected chi connectivity index (χ4v) is 3.92. The van der Waals surface area contributed by atoms with Gasteiger partial charge in [-0.1, -0.05) is 26.8 Å². The molecule has 27 heavy (non-hydrogen) atoms. The molecular weight excluding hydrogens is 339 g/mol. The number of hydrogen-bond donors (Lipinski definition) is 1. The highest BCUT2D eigenvalue weighted by Gasteiger charge is 2.24. The number of carbonyl (C=O) groups excluding carboxylic acids is 1. The molecule has 0 radical (unpaired) electrons. The molecule has 0 spiro atoms. The zero-order valence-corrected chi connectivity index (χ0v) is 17.2. The summed E-state index contributed by atoms with van der Waals surface area (Å²) in [5, 5.41) is 3.08. The van der Waals surface area contributed by atoms with Crippen LogP contribution in [0.25, 0.3) is 0 Å². The van der Waals surface area contributed by atoms with Gasteiger partial charge in [-0.25, -0.2) is 4.39 Å². The molecule has 0 saturated heterocycles. The predicted molar refractivity (Wildman–Crippen MR) is 111 cm³/mol. The normalized spacial score (nSPS) is 19.9. The minimum Gasteiger partial charge on any atom is -0.347 e. The van der Waals surface area contributed by atoms with E-state index >= 15 is 0 Å². The van der Waals surface area contributed by atoms with Crippen molar-refractivity contribution in [2.75, 3.05) is 16.8 Å². The Morgan fingerprint density at radius 2 is 1.89 bits per heavy atom. The van der Waals surface area contributed by atoms with Gasteiger partial charge in [0.2, 0.25) is 5.91 Å². The van der Waals surface area contributed by atoms with Gasteiger partial charge >= 0.3 is 0 Å². The van der Waals surface area contributed by atoms with Crippen molar-refractivity contribution in [1.29, 1.82) is 0 Å². The summed E-state index contributed by atoms with van der Waals surface area (Å²) in [6.45, 7) is 11.2. The van der Waals surface area contributed by atoms with E-state index in [-0.39, 0.29) is 11.3 Å². The Balaban J connectivity index is 1.81. The summed E-state index contributed by atoms with van der Waals surface area (Å²) in [6, 6.07) is 4.22. The Morgan fingerprint density at radius 1 is 1.22 bits per heavy atom. The van der Waals surface area contributed by atoms with Gasteiger partial charge in [0.25, 0.3) is 0 Å². The zero-order valence-electron chi connectivity index (χ0n) is 17.2. The molecule has 1 amide bonds. The average molecular weight is 371 g/mol. The highest BCUT2D eigenvalue weighted by Crippen LogP contribution is 2.35. The summed E-state index contributed by atoms with van der Waals surface area (Å²) in [4.78, 5) is 14.5. The predicted octanol–water partition coefficient (Wildman–Crippen LogP) is 5.83. The highest BCUT2D eigenvalue weighted by atomic mass is 19.1. The number of carbonyl (C=O) groups is 1. The number of halogens is 1. The van der Waals surface area contributed by atoms with Crippen molar-refractivity contribution in [2.45, 2.75) is 66.5 Å². The second-order valence-corrected chi connectivity index (χ2v) is 9.10. The van der Waals surface area contributed by atoms with Gasteiger partial charge in [-0.2, -0.15) is 0 Å². The molecule has 0 fully saturated rings. The Morgan fingerprint density at radius 3 is 2.52 bits per heavy atom. The smallest absolute Gasteiger partial charge is 0.224 e. The Kier molecular flexibility index (Phi) is 5.45. The van der Waals surface area contributed by atoms with Crippen LogP contribution in [-0.4, -0.2) is 18.6 Å². The van der Waals surface area contributed by atoms with Gasteiger partial charge in [-0.15, -0.1) is 0 Å². The van der Waals surface area contributed by atoms with Crippen molar-refractivity contribution < 1.29 is 9.18 Å². The average Bonchev–Trinajstić information content (AvgIpc) is 2.55. The maximum absolute atomic E-state index is 13.8. The van der Waals surface area contributed by atoms with Crippen LogP contribution in [0, 0.1) is 19.3 Å². The van der Waals surface area contributed by atoms with Crippen molar-refractivity contribution in [1.82, 2.24) is 0 Å². The number of benzene rings is 1. The number of allylic oxidation sites excluding steroid dienone is 2. The number of rotatable bonds is 3. The third-order valence-corrected chi connectivity index (χ3v) is 5.21. The van der Waals surface area contributed by atoms with Gasteiger partial charge in [0, 0.05) is 37.0 Å². The molecule has 0 saturated carbocycles. The van der Waals surface area contributed by atoms with E-state index in [2.05, 4.69) is 55.4 Å². The minimum absolute atomic E-state index is 0.0364. The van der Waals surface area contributed by atoms with Crippen LogP contribution in [0.1, 0.15) is 57.6 Å². The zero-order chi connectivity index (χ0) is 19.8. The van der Waals surface area contributed by atoms with Crippen molar-refractivity contribution in [2.24, 2.45) is 5.41 Å². The summed E-state index contributed by atoms with van der Waals surface area (Å²) >= 11 is 0. The first-order chi connectivity index (χ1) is 12.6. The van der Waals surface area contributed by atoms with E-state index in [9.17, 15) is 9.18 Å². The second-order valence-electron chi connectivity index (χ2n) is 9.10. The molecule has 1 atom stereocenters. The van der Waals surface area contributed by atoms with E-state index < -0.39 is 6.17 Å². The lowest BCUT2D eigenvalue weighted by Gasteiger charge is -2.32. The molecule has 1 aliphatic carbocycles. The SMILES string of the molecule is Cc1cc(N2C=C3CC(F)CC=C3CC2)cc(C)c1NC(=O)CC(C)(C)C. The third-order valence-electron chi connectivity index (χ3n) is 5.21. The number of alkyl halides is 1. The van der Waals surface area contributed by atoms with Crippen LogP contribution >= 0.6 is 0 Å². The summed E-state index contributed by atoms with van der Waals surface area (Å²) in [5.74, 6) is 0.0486. The van der Waals surface area contributed by atoms with Gasteiger partial charge in [0.15, 0.2) is 0 Å². The van der Waals surface area contributed by atoms with E-state index in [0.717, 1.165) is 41.0 Å². The molecule has 3 nitrogen and oxygen atoms in total. The number of nitrogens with one attached hydrogen (secondary N) is 1. The quantitative estimate of drug-likeness (QED) is 0.726. The third kappa shape index (κ3) is 4.79. The van der Waals surface area contributed by atoms with Gasteiger partial charge in [-0.05, 0) is 66.5 Å². The lowest BCUT2D eigenvalue weighted by Crippen LogP contribution is -2.26. The Hall–Kier alpha value is -2.10.